The Kier molecular flexibility index (Phi) is 16.6. The standard InChI is InChI=1S/C14H26N4O6S.C2H6/c1-16-5-3-2-4-8(15)12(21)17-9(6-11(19)20)13(22)18-10(7-25)14(23)24;1-2/h8-10,16,25H,2-7,15H2,1H3,(H,17,21)(H,18,22)(H,19,20)(H,23,24);1-2H3. The van der Waals surface area contributed by atoms with Crippen molar-refractivity contribution in [3.63, 3.8) is 0 Å². The van der Waals surface area contributed by atoms with Crippen LogP contribution in [-0.4, -0.2) is 71.4 Å². The smallest absolute Gasteiger partial charge is 0.327 e. The topological polar surface area (TPSA) is 171 Å². The monoisotopic (exact) mass is 408 g/mol. The van der Waals surface area contributed by atoms with E-state index in [0.717, 1.165) is 13.0 Å². The molecule has 3 unspecified atom stereocenters. The summed E-state index contributed by atoms with van der Waals surface area (Å²) in [7, 11) is 1.80. The quantitative estimate of drug-likeness (QED) is 0.153. The zero-order chi connectivity index (χ0) is 21.4. The predicted molar refractivity (Wildman–Crippen MR) is 105 cm³/mol. The van der Waals surface area contributed by atoms with Crippen LogP contribution in [0.5, 0.6) is 0 Å². The summed E-state index contributed by atoms with van der Waals surface area (Å²) < 4.78 is 0. The van der Waals surface area contributed by atoms with Gasteiger partial charge in [0.1, 0.15) is 12.1 Å². The van der Waals surface area contributed by atoms with Crippen LogP contribution in [0.2, 0.25) is 0 Å². The van der Waals surface area contributed by atoms with Crippen molar-refractivity contribution in [2.75, 3.05) is 19.3 Å². The minimum atomic E-state index is -1.42. The van der Waals surface area contributed by atoms with Crippen molar-refractivity contribution in [1.82, 2.24) is 16.0 Å². The average Bonchev–Trinajstić information content (AvgIpc) is 2.63. The maximum atomic E-state index is 12.1. The van der Waals surface area contributed by atoms with Gasteiger partial charge in [-0.3, -0.25) is 14.4 Å². The molecule has 158 valence electrons. The van der Waals surface area contributed by atoms with Gasteiger partial charge >= 0.3 is 11.9 Å². The molecule has 0 rings (SSSR count). The molecule has 3 atom stereocenters. The molecule has 0 radical (unpaired) electrons. The van der Waals surface area contributed by atoms with Crippen molar-refractivity contribution in [3.8, 4) is 0 Å². The Hall–Kier alpha value is -1.85. The number of carboxylic acids is 2. The van der Waals surface area contributed by atoms with E-state index in [1.54, 1.807) is 7.05 Å². The third-order valence-electron chi connectivity index (χ3n) is 3.34. The van der Waals surface area contributed by atoms with Crippen molar-refractivity contribution in [1.29, 1.82) is 0 Å². The first-order chi connectivity index (χ1) is 12.7. The van der Waals surface area contributed by atoms with Crippen molar-refractivity contribution >= 4 is 36.4 Å². The van der Waals surface area contributed by atoms with Gasteiger partial charge in [-0.2, -0.15) is 12.6 Å². The van der Waals surface area contributed by atoms with Crippen LogP contribution < -0.4 is 21.7 Å². The molecule has 27 heavy (non-hydrogen) atoms. The molecule has 0 aromatic carbocycles. The van der Waals surface area contributed by atoms with Crippen molar-refractivity contribution in [3.05, 3.63) is 0 Å². The number of nitrogens with one attached hydrogen (secondary N) is 3. The van der Waals surface area contributed by atoms with E-state index in [0.29, 0.717) is 12.8 Å². The van der Waals surface area contributed by atoms with Crippen LogP contribution in [0, 0.1) is 0 Å². The Labute approximate surface area is 165 Å². The number of hydrogen-bond acceptors (Lipinski definition) is 7. The lowest BCUT2D eigenvalue weighted by molar-refractivity contribution is -0.143. The summed E-state index contributed by atoms with van der Waals surface area (Å²) in [6, 6.07) is -3.60. The van der Waals surface area contributed by atoms with Crippen LogP contribution in [0.25, 0.3) is 0 Å². The summed E-state index contributed by atoms with van der Waals surface area (Å²) in [5.74, 6) is -4.39. The van der Waals surface area contributed by atoms with E-state index in [-0.39, 0.29) is 5.75 Å². The molecule has 0 aromatic heterocycles. The zero-order valence-corrected chi connectivity index (χ0v) is 16.9. The molecule has 0 heterocycles. The minimum absolute atomic E-state index is 0.181. The Morgan fingerprint density at radius 1 is 1.00 bits per heavy atom. The maximum absolute atomic E-state index is 12.1. The van der Waals surface area contributed by atoms with Crippen LogP contribution in [0.4, 0.5) is 0 Å². The van der Waals surface area contributed by atoms with Crippen LogP contribution in [0.15, 0.2) is 0 Å². The lowest BCUT2D eigenvalue weighted by atomic mass is 10.1. The third kappa shape index (κ3) is 13.0. The van der Waals surface area contributed by atoms with Gasteiger partial charge in [-0.1, -0.05) is 20.3 Å². The molecule has 0 fully saturated rings. The highest BCUT2D eigenvalue weighted by Gasteiger charge is 2.28. The van der Waals surface area contributed by atoms with E-state index in [4.69, 9.17) is 15.9 Å². The second-order valence-electron chi connectivity index (χ2n) is 5.45. The fourth-order valence-corrected chi connectivity index (χ4v) is 2.17. The molecule has 0 saturated carbocycles. The fraction of sp³-hybridized carbons (Fsp3) is 0.750. The number of carbonyl (C=O) groups is 4. The highest BCUT2D eigenvalue weighted by Crippen LogP contribution is 2.01. The lowest BCUT2D eigenvalue weighted by Gasteiger charge is -2.21. The third-order valence-corrected chi connectivity index (χ3v) is 3.70. The summed E-state index contributed by atoms with van der Waals surface area (Å²) in [6.45, 7) is 4.78. The Morgan fingerprint density at radius 2 is 1.56 bits per heavy atom. The number of carboxylic acid groups (broad SMARTS) is 2. The number of hydrogen-bond donors (Lipinski definition) is 7. The first kappa shape index (κ1) is 27.4. The summed E-state index contributed by atoms with van der Waals surface area (Å²) in [5, 5.41) is 25.1. The van der Waals surface area contributed by atoms with Gasteiger partial charge in [0.05, 0.1) is 12.5 Å². The maximum Gasteiger partial charge on any atom is 0.327 e. The van der Waals surface area contributed by atoms with Crippen molar-refractivity contribution in [2.45, 2.75) is 57.7 Å². The van der Waals surface area contributed by atoms with Gasteiger partial charge in [-0.05, 0) is 26.4 Å². The predicted octanol–water partition coefficient (Wildman–Crippen LogP) is -0.812. The molecule has 0 aromatic rings. The average molecular weight is 409 g/mol. The number of nitrogens with two attached hydrogens (primary N) is 1. The lowest BCUT2D eigenvalue weighted by Crippen LogP contribution is -2.55. The Morgan fingerprint density at radius 3 is 2.00 bits per heavy atom. The van der Waals surface area contributed by atoms with Gasteiger partial charge in [-0.15, -0.1) is 0 Å². The molecule has 0 aliphatic carbocycles. The van der Waals surface area contributed by atoms with Gasteiger partial charge in [0.25, 0.3) is 0 Å². The van der Waals surface area contributed by atoms with Gasteiger partial charge in [-0.25, -0.2) is 4.79 Å². The number of carbonyl (C=O) groups excluding carboxylic acids is 2. The minimum Gasteiger partial charge on any atom is -0.481 e. The molecule has 0 saturated heterocycles. The van der Waals surface area contributed by atoms with Crippen molar-refractivity contribution < 1.29 is 29.4 Å². The van der Waals surface area contributed by atoms with Crippen molar-refractivity contribution in [2.24, 2.45) is 5.73 Å². The van der Waals surface area contributed by atoms with Crippen LogP contribution >= 0.6 is 12.6 Å². The molecule has 2 amide bonds. The second-order valence-corrected chi connectivity index (χ2v) is 5.81. The van der Waals surface area contributed by atoms with Gasteiger partial charge in [0.2, 0.25) is 11.8 Å². The van der Waals surface area contributed by atoms with E-state index in [1.807, 2.05) is 13.8 Å². The second kappa shape index (κ2) is 16.3. The molecule has 0 aliphatic heterocycles. The first-order valence-corrected chi connectivity index (χ1v) is 9.42. The fourth-order valence-electron chi connectivity index (χ4n) is 1.92. The molecule has 11 heteroatoms. The molecule has 0 spiro atoms. The number of thiol groups is 1. The number of aliphatic carboxylic acids is 2. The Balaban J connectivity index is 0. The highest BCUT2D eigenvalue weighted by molar-refractivity contribution is 7.80. The summed E-state index contributed by atoms with van der Waals surface area (Å²) in [6.07, 6.45) is 1.19. The molecule has 7 N–H and O–H groups in total. The molecular formula is C16H32N4O6S. The molecule has 0 bridgehead atoms. The van der Waals surface area contributed by atoms with Gasteiger partial charge < -0.3 is 31.9 Å². The van der Waals surface area contributed by atoms with Crippen LogP contribution in [0.3, 0.4) is 0 Å². The van der Waals surface area contributed by atoms with E-state index in [1.165, 1.54) is 0 Å². The highest BCUT2D eigenvalue weighted by atomic mass is 32.1. The molecular weight excluding hydrogens is 376 g/mol. The molecule has 10 nitrogen and oxygen atoms in total. The molecule has 0 aliphatic rings. The summed E-state index contributed by atoms with van der Waals surface area (Å²) >= 11 is 3.80. The van der Waals surface area contributed by atoms with E-state index in [2.05, 4.69) is 28.6 Å². The van der Waals surface area contributed by atoms with E-state index < -0.39 is 48.3 Å². The van der Waals surface area contributed by atoms with Crippen LogP contribution in [-0.2, 0) is 19.2 Å². The number of rotatable bonds is 13. The number of unbranched alkanes of at least 4 members (excludes halogenated alkanes) is 1. The summed E-state index contributed by atoms with van der Waals surface area (Å²) in [5.41, 5.74) is 5.74. The normalized spacial score (nSPS) is 13.4. The van der Waals surface area contributed by atoms with E-state index in [9.17, 15) is 19.2 Å². The van der Waals surface area contributed by atoms with E-state index >= 15 is 0 Å². The SMILES string of the molecule is CC.CNCCCCC(N)C(=O)NC(CC(=O)O)C(=O)NC(CS)C(=O)O. The van der Waals surface area contributed by atoms with Crippen LogP contribution in [0.1, 0.15) is 39.5 Å². The summed E-state index contributed by atoms with van der Waals surface area (Å²) in [4.78, 5) is 45.9. The van der Waals surface area contributed by atoms with Gasteiger partial charge in [0, 0.05) is 5.75 Å². The zero-order valence-electron chi connectivity index (χ0n) is 16.0. The largest absolute Gasteiger partial charge is 0.481 e. The Bertz CT molecular complexity index is 478. The first-order valence-electron chi connectivity index (χ1n) is 8.79. The van der Waals surface area contributed by atoms with Gasteiger partial charge in [0.15, 0.2) is 0 Å². The number of amides is 2.